The summed E-state index contributed by atoms with van der Waals surface area (Å²) in [4.78, 5) is 27.0. The van der Waals surface area contributed by atoms with Crippen LogP contribution in [0.25, 0.3) is 0 Å². The molecule has 1 aliphatic heterocycles. The van der Waals surface area contributed by atoms with Crippen LogP contribution < -0.4 is 0 Å². The maximum Gasteiger partial charge on any atom is 0.325 e. The molecule has 1 amide bonds. The number of esters is 1. The quantitative estimate of drug-likeness (QED) is 0.662. The normalized spacial score (nSPS) is 15.9. The molecule has 9 nitrogen and oxygen atoms in total. The van der Waals surface area contributed by atoms with Crippen molar-refractivity contribution in [2.45, 2.75) is 38.8 Å². The number of aromatic nitrogens is 4. The number of carbonyl (C=O) groups is 2. The Balaban J connectivity index is 1.92. The number of amides is 1. The van der Waals surface area contributed by atoms with Crippen LogP contribution >= 0.6 is 0 Å². The van der Waals surface area contributed by atoms with Crippen molar-refractivity contribution in [2.24, 2.45) is 0 Å². The lowest BCUT2D eigenvalue weighted by Gasteiger charge is -2.19. The molecule has 1 fully saturated rings. The number of hydrogen-bond acceptors (Lipinski definition) is 7. The molecule has 0 radical (unpaired) electrons. The largest absolute Gasteiger partial charge is 0.468 e. The van der Waals surface area contributed by atoms with Crippen LogP contribution in [-0.4, -0.2) is 75.7 Å². The fourth-order valence-corrected chi connectivity index (χ4v) is 2.55. The van der Waals surface area contributed by atoms with E-state index in [9.17, 15) is 9.59 Å². The van der Waals surface area contributed by atoms with Crippen LogP contribution in [0.15, 0.2) is 0 Å². The van der Waals surface area contributed by atoms with Crippen molar-refractivity contribution in [3.8, 4) is 0 Å². The minimum Gasteiger partial charge on any atom is -0.468 e. The smallest absolute Gasteiger partial charge is 0.325 e. The molecule has 2 heterocycles. The summed E-state index contributed by atoms with van der Waals surface area (Å²) in [5.74, 6) is -0.0195. The van der Waals surface area contributed by atoms with Gasteiger partial charge < -0.3 is 9.64 Å². The van der Waals surface area contributed by atoms with E-state index in [2.05, 4.69) is 25.2 Å². The van der Waals surface area contributed by atoms with Crippen LogP contribution in [0, 0.1) is 0 Å². The van der Waals surface area contributed by atoms with Crippen molar-refractivity contribution >= 4 is 11.9 Å². The second-order valence-corrected chi connectivity index (χ2v) is 5.77. The van der Waals surface area contributed by atoms with Crippen molar-refractivity contribution in [3.05, 3.63) is 5.82 Å². The molecule has 0 aromatic carbocycles. The molecule has 0 spiro atoms. The Morgan fingerprint density at radius 1 is 1.22 bits per heavy atom. The predicted octanol–water partition coefficient (Wildman–Crippen LogP) is -0.319. The number of methoxy groups -OCH3 is 1. The standard InChI is InChI=1S/C14H24N6O3/c1-18(11-14(22)23-2)13(21)10-20-12(15-16-17-20)9-19-7-5-3-4-6-8-19/h3-11H2,1-2H3. The Kier molecular flexibility index (Phi) is 6.45. The molecule has 23 heavy (non-hydrogen) atoms. The molecule has 0 atom stereocenters. The van der Waals surface area contributed by atoms with Gasteiger partial charge in [0.05, 0.1) is 13.7 Å². The molecule has 128 valence electrons. The van der Waals surface area contributed by atoms with Crippen LogP contribution in [0.1, 0.15) is 31.5 Å². The molecule has 0 saturated carbocycles. The van der Waals surface area contributed by atoms with Gasteiger partial charge in [-0.05, 0) is 36.4 Å². The van der Waals surface area contributed by atoms with Crippen LogP contribution in [-0.2, 0) is 27.4 Å². The zero-order valence-electron chi connectivity index (χ0n) is 13.8. The van der Waals surface area contributed by atoms with E-state index >= 15 is 0 Å². The first kappa shape index (κ1) is 17.3. The van der Waals surface area contributed by atoms with Crippen molar-refractivity contribution in [3.63, 3.8) is 0 Å². The summed E-state index contributed by atoms with van der Waals surface area (Å²) in [7, 11) is 2.85. The van der Waals surface area contributed by atoms with E-state index in [0.29, 0.717) is 12.4 Å². The fourth-order valence-electron chi connectivity index (χ4n) is 2.55. The first-order valence-corrected chi connectivity index (χ1v) is 7.88. The highest BCUT2D eigenvalue weighted by atomic mass is 16.5. The van der Waals surface area contributed by atoms with Gasteiger partial charge in [-0.3, -0.25) is 14.5 Å². The second kappa shape index (κ2) is 8.56. The van der Waals surface area contributed by atoms with Crippen LogP contribution in [0.5, 0.6) is 0 Å². The molecule has 1 saturated heterocycles. The number of nitrogens with zero attached hydrogens (tertiary/aromatic N) is 6. The van der Waals surface area contributed by atoms with Gasteiger partial charge in [0.2, 0.25) is 5.91 Å². The third kappa shape index (κ3) is 5.27. The number of likely N-dealkylation sites (N-methyl/N-ethyl adjacent to an activating group) is 1. The first-order chi connectivity index (χ1) is 11.1. The summed E-state index contributed by atoms with van der Waals surface area (Å²) in [6.07, 6.45) is 4.89. The van der Waals surface area contributed by atoms with Gasteiger partial charge in [0, 0.05) is 7.05 Å². The second-order valence-electron chi connectivity index (χ2n) is 5.77. The molecule has 1 aromatic heterocycles. The summed E-state index contributed by atoms with van der Waals surface area (Å²) in [6.45, 7) is 2.63. The highest BCUT2D eigenvalue weighted by Crippen LogP contribution is 2.11. The van der Waals surface area contributed by atoms with E-state index in [1.54, 1.807) is 7.05 Å². The average molecular weight is 324 g/mol. The maximum atomic E-state index is 12.1. The van der Waals surface area contributed by atoms with E-state index < -0.39 is 5.97 Å². The Labute approximate surface area is 135 Å². The van der Waals surface area contributed by atoms with Gasteiger partial charge in [-0.25, -0.2) is 4.68 Å². The molecular weight excluding hydrogens is 300 g/mol. The van der Waals surface area contributed by atoms with Crippen LogP contribution in [0.2, 0.25) is 0 Å². The van der Waals surface area contributed by atoms with E-state index in [4.69, 9.17) is 0 Å². The summed E-state index contributed by atoms with van der Waals surface area (Å²) in [5.41, 5.74) is 0. The van der Waals surface area contributed by atoms with Gasteiger partial charge in [-0.2, -0.15) is 0 Å². The van der Waals surface area contributed by atoms with E-state index in [1.165, 1.54) is 42.4 Å². The Bertz CT molecular complexity index is 524. The average Bonchev–Trinajstić information content (AvgIpc) is 2.80. The predicted molar refractivity (Wildman–Crippen MR) is 81.2 cm³/mol. The topological polar surface area (TPSA) is 93.5 Å². The highest BCUT2D eigenvalue weighted by Gasteiger charge is 2.18. The zero-order chi connectivity index (χ0) is 16.7. The third-order valence-corrected chi connectivity index (χ3v) is 3.97. The first-order valence-electron chi connectivity index (χ1n) is 7.88. The number of rotatable bonds is 6. The maximum absolute atomic E-state index is 12.1. The van der Waals surface area contributed by atoms with E-state index in [1.807, 2.05) is 0 Å². The van der Waals surface area contributed by atoms with E-state index in [-0.39, 0.29) is 19.0 Å². The van der Waals surface area contributed by atoms with Crippen molar-refractivity contribution < 1.29 is 14.3 Å². The van der Waals surface area contributed by atoms with Crippen molar-refractivity contribution in [1.29, 1.82) is 0 Å². The van der Waals surface area contributed by atoms with Crippen LogP contribution in [0.3, 0.4) is 0 Å². The molecule has 0 N–H and O–H groups in total. The Morgan fingerprint density at radius 2 is 1.91 bits per heavy atom. The zero-order valence-corrected chi connectivity index (χ0v) is 13.8. The summed E-state index contributed by atoms with van der Waals surface area (Å²) < 4.78 is 6.06. The van der Waals surface area contributed by atoms with Gasteiger partial charge in [0.1, 0.15) is 13.1 Å². The Morgan fingerprint density at radius 3 is 2.57 bits per heavy atom. The van der Waals surface area contributed by atoms with Crippen LogP contribution in [0.4, 0.5) is 0 Å². The third-order valence-electron chi connectivity index (χ3n) is 3.97. The van der Waals surface area contributed by atoms with Gasteiger partial charge in [0.15, 0.2) is 5.82 Å². The molecule has 1 aliphatic rings. The molecule has 9 heteroatoms. The van der Waals surface area contributed by atoms with Crippen molar-refractivity contribution in [2.75, 3.05) is 33.8 Å². The highest BCUT2D eigenvalue weighted by molar-refractivity contribution is 5.81. The van der Waals surface area contributed by atoms with Gasteiger partial charge in [-0.1, -0.05) is 12.8 Å². The minimum atomic E-state index is -0.456. The molecule has 0 aliphatic carbocycles. The minimum absolute atomic E-state index is 0.0175. The molecular formula is C14H24N6O3. The fraction of sp³-hybridized carbons (Fsp3) is 0.786. The summed E-state index contributed by atoms with van der Waals surface area (Å²) in [6, 6.07) is 0. The lowest BCUT2D eigenvalue weighted by molar-refractivity contribution is -0.146. The van der Waals surface area contributed by atoms with Crippen molar-refractivity contribution in [1.82, 2.24) is 30.0 Å². The number of hydrogen-bond donors (Lipinski definition) is 0. The number of tetrazole rings is 1. The number of ether oxygens (including phenoxy) is 1. The van der Waals surface area contributed by atoms with E-state index in [0.717, 1.165) is 13.1 Å². The lowest BCUT2D eigenvalue weighted by atomic mass is 10.2. The van der Waals surface area contributed by atoms with Gasteiger partial charge in [-0.15, -0.1) is 5.10 Å². The molecule has 0 unspecified atom stereocenters. The number of carbonyl (C=O) groups excluding carboxylic acids is 2. The van der Waals surface area contributed by atoms with Gasteiger partial charge in [0.25, 0.3) is 0 Å². The molecule has 2 rings (SSSR count). The molecule has 0 bridgehead atoms. The molecule has 1 aromatic rings. The lowest BCUT2D eigenvalue weighted by Crippen LogP contribution is -2.36. The Hall–Kier alpha value is -2.03. The summed E-state index contributed by atoms with van der Waals surface area (Å²) >= 11 is 0. The monoisotopic (exact) mass is 324 g/mol. The summed E-state index contributed by atoms with van der Waals surface area (Å²) in [5, 5.41) is 11.6. The number of likely N-dealkylation sites (tertiary alicyclic amines) is 1. The SMILES string of the molecule is COC(=O)CN(C)C(=O)Cn1nnnc1CN1CCCCCC1. The van der Waals surface area contributed by atoms with Gasteiger partial charge >= 0.3 is 5.97 Å².